The van der Waals surface area contributed by atoms with Gasteiger partial charge in [0.05, 0.1) is 11.6 Å². The van der Waals surface area contributed by atoms with Gasteiger partial charge in [0.25, 0.3) is 0 Å². The number of benzene rings is 1. The Kier molecular flexibility index (Phi) is 3.71. The van der Waals surface area contributed by atoms with Crippen LogP contribution in [0.5, 0.6) is 0 Å². The molecular formula is C14H17NO2. The first-order chi connectivity index (χ1) is 8.24. The summed E-state index contributed by atoms with van der Waals surface area (Å²) in [6.45, 7) is 1.99. The highest BCUT2D eigenvalue weighted by Gasteiger charge is 2.19. The molecule has 0 amide bonds. The van der Waals surface area contributed by atoms with Crippen molar-refractivity contribution in [1.29, 1.82) is 0 Å². The van der Waals surface area contributed by atoms with Crippen molar-refractivity contribution >= 4 is 10.9 Å². The van der Waals surface area contributed by atoms with E-state index >= 15 is 0 Å². The van der Waals surface area contributed by atoms with Gasteiger partial charge in [0.1, 0.15) is 6.10 Å². The zero-order valence-corrected chi connectivity index (χ0v) is 9.87. The van der Waals surface area contributed by atoms with Gasteiger partial charge in [-0.1, -0.05) is 31.5 Å². The molecule has 3 nitrogen and oxygen atoms in total. The maximum Gasteiger partial charge on any atom is 0.105 e. The van der Waals surface area contributed by atoms with Crippen molar-refractivity contribution in [2.24, 2.45) is 0 Å². The van der Waals surface area contributed by atoms with Gasteiger partial charge >= 0.3 is 0 Å². The van der Waals surface area contributed by atoms with E-state index < -0.39 is 12.2 Å². The Bertz CT molecular complexity index is 493. The standard InChI is InChI=1S/C14H17NO2/c1-2-5-13(16)14(17)11-6-3-8-12-10(11)7-4-9-15-12/h3-4,6-9,13-14,16-17H,2,5H2,1H3. The van der Waals surface area contributed by atoms with E-state index in [2.05, 4.69) is 4.98 Å². The second-order valence-electron chi connectivity index (χ2n) is 4.22. The maximum atomic E-state index is 10.1. The quantitative estimate of drug-likeness (QED) is 0.849. The van der Waals surface area contributed by atoms with Crippen LogP contribution in [0.4, 0.5) is 0 Å². The highest BCUT2D eigenvalue weighted by molar-refractivity contribution is 5.82. The van der Waals surface area contributed by atoms with Gasteiger partial charge in [0.15, 0.2) is 0 Å². The van der Waals surface area contributed by atoms with Gasteiger partial charge in [-0.15, -0.1) is 0 Å². The molecule has 0 radical (unpaired) electrons. The van der Waals surface area contributed by atoms with E-state index in [1.165, 1.54) is 0 Å². The summed E-state index contributed by atoms with van der Waals surface area (Å²) < 4.78 is 0. The molecule has 0 spiro atoms. The summed E-state index contributed by atoms with van der Waals surface area (Å²) in [4.78, 5) is 4.24. The molecule has 2 unspecified atom stereocenters. The molecule has 2 N–H and O–H groups in total. The highest BCUT2D eigenvalue weighted by atomic mass is 16.3. The molecule has 0 saturated carbocycles. The first-order valence-electron chi connectivity index (χ1n) is 5.93. The van der Waals surface area contributed by atoms with Crippen molar-refractivity contribution in [3.05, 3.63) is 42.1 Å². The Morgan fingerprint density at radius 1 is 1.18 bits per heavy atom. The second-order valence-corrected chi connectivity index (χ2v) is 4.22. The minimum Gasteiger partial charge on any atom is -0.390 e. The molecule has 2 rings (SSSR count). The van der Waals surface area contributed by atoms with Gasteiger partial charge in [-0.3, -0.25) is 4.98 Å². The Balaban J connectivity index is 2.41. The molecule has 0 aliphatic rings. The molecule has 1 aromatic carbocycles. The Hall–Kier alpha value is -1.45. The molecule has 0 bridgehead atoms. The lowest BCUT2D eigenvalue weighted by Crippen LogP contribution is -2.18. The third-order valence-electron chi connectivity index (χ3n) is 2.95. The van der Waals surface area contributed by atoms with Crippen molar-refractivity contribution in [2.45, 2.75) is 32.0 Å². The summed E-state index contributed by atoms with van der Waals surface area (Å²) in [7, 11) is 0. The molecule has 0 saturated heterocycles. The molecular weight excluding hydrogens is 214 g/mol. The summed E-state index contributed by atoms with van der Waals surface area (Å²) in [5.41, 5.74) is 1.59. The van der Waals surface area contributed by atoms with Crippen molar-refractivity contribution in [2.75, 3.05) is 0 Å². The number of hydrogen-bond donors (Lipinski definition) is 2. The Morgan fingerprint density at radius 2 is 2.00 bits per heavy atom. The minimum absolute atomic E-state index is 0.595. The van der Waals surface area contributed by atoms with Gasteiger partial charge in [-0.05, 0) is 24.1 Å². The first-order valence-corrected chi connectivity index (χ1v) is 5.93. The van der Waals surface area contributed by atoms with Gasteiger partial charge in [0.2, 0.25) is 0 Å². The van der Waals surface area contributed by atoms with E-state index in [-0.39, 0.29) is 0 Å². The zero-order chi connectivity index (χ0) is 12.3. The lowest BCUT2D eigenvalue weighted by Gasteiger charge is -2.18. The molecule has 0 fully saturated rings. The van der Waals surface area contributed by atoms with Crippen LogP contribution >= 0.6 is 0 Å². The maximum absolute atomic E-state index is 10.1. The Morgan fingerprint density at radius 3 is 2.76 bits per heavy atom. The van der Waals surface area contributed by atoms with Crippen LogP contribution < -0.4 is 0 Å². The minimum atomic E-state index is -0.845. The number of aliphatic hydroxyl groups excluding tert-OH is 2. The summed E-state index contributed by atoms with van der Waals surface area (Å²) in [5.74, 6) is 0. The summed E-state index contributed by atoms with van der Waals surface area (Å²) in [5, 5.41) is 20.9. The summed E-state index contributed by atoms with van der Waals surface area (Å²) in [6, 6.07) is 9.35. The SMILES string of the molecule is CCCC(O)C(O)c1cccc2ncccc12. The molecule has 1 aromatic heterocycles. The number of aromatic nitrogens is 1. The van der Waals surface area contributed by atoms with Gasteiger partial charge < -0.3 is 10.2 Å². The van der Waals surface area contributed by atoms with E-state index in [1.54, 1.807) is 6.20 Å². The van der Waals surface area contributed by atoms with Crippen LogP contribution in [0.3, 0.4) is 0 Å². The molecule has 0 aliphatic carbocycles. The zero-order valence-electron chi connectivity index (χ0n) is 9.87. The van der Waals surface area contributed by atoms with Crippen molar-refractivity contribution < 1.29 is 10.2 Å². The summed E-state index contributed by atoms with van der Waals surface area (Å²) >= 11 is 0. The van der Waals surface area contributed by atoms with E-state index in [1.807, 2.05) is 37.3 Å². The number of aliphatic hydroxyl groups is 2. The van der Waals surface area contributed by atoms with E-state index in [0.717, 1.165) is 22.9 Å². The van der Waals surface area contributed by atoms with Crippen molar-refractivity contribution in [1.82, 2.24) is 4.98 Å². The summed E-state index contributed by atoms with van der Waals surface area (Å²) in [6.07, 6.45) is 1.61. The van der Waals surface area contributed by atoms with E-state index in [0.29, 0.717) is 6.42 Å². The monoisotopic (exact) mass is 231 g/mol. The fraction of sp³-hybridized carbons (Fsp3) is 0.357. The van der Waals surface area contributed by atoms with Crippen LogP contribution in [-0.4, -0.2) is 21.3 Å². The number of rotatable bonds is 4. The molecule has 0 aliphatic heterocycles. The molecule has 2 atom stereocenters. The van der Waals surface area contributed by atoms with E-state index in [4.69, 9.17) is 0 Å². The van der Waals surface area contributed by atoms with Gasteiger partial charge in [-0.25, -0.2) is 0 Å². The van der Waals surface area contributed by atoms with Crippen LogP contribution in [0.2, 0.25) is 0 Å². The van der Waals surface area contributed by atoms with Crippen LogP contribution in [-0.2, 0) is 0 Å². The first kappa shape index (κ1) is 12.0. The second kappa shape index (κ2) is 5.25. The molecule has 1 heterocycles. The third kappa shape index (κ3) is 2.46. The van der Waals surface area contributed by atoms with E-state index in [9.17, 15) is 10.2 Å². The van der Waals surface area contributed by atoms with Gasteiger partial charge in [-0.2, -0.15) is 0 Å². The number of nitrogens with zero attached hydrogens (tertiary/aromatic N) is 1. The third-order valence-corrected chi connectivity index (χ3v) is 2.95. The number of hydrogen-bond acceptors (Lipinski definition) is 3. The smallest absolute Gasteiger partial charge is 0.105 e. The lowest BCUT2D eigenvalue weighted by molar-refractivity contribution is 0.0139. The fourth-order valence-corrected chi connectivity index (χ4v) is 2.05. The van der Waals surface area contributed by atoms with Crippen LogP contribution in [0, 0.1) is 0 Å². The number of pyridine rings is 1. The van der Waals surface area contributed by atoms with Crippen LogP contribution in [0.15, 0.2) is 36.5 Å². The van der Waals surface area contributed by atoms with Crippen LogP contribution in [0.25, 0.3) is 10.9 Å². The van der Waals surface area contributed by atoms with Crippen LogP contribution in [0.1, 0.15) is 31.4 Å². The number of fused-ring (bicyclic) bond motifs is 1. The molecule has 2 aromatic rings. The highest BCUT2D eigenvalue weighted by Crippen LogP contribution is 2.26. The average Bonchev–Trinajstić information content (AvgIpc) is 2.37. The predicted molar refractivity (Wildman–Crippen MR) is 67.6 cm³/mol. The predicted octanol–water partition coefficient (Wildman–Crippen LogP) is 2.43. The van der Waals surface area contributed by atoms with Crippen molar-refractivity contribution in [3.8, 4) is 0 Å². The van der Waals surface area contributed by atoms with Crippen molar-refractivity contribution in [3.63, 3.8) is 0 Å². The van der Waals surface area contributed by atoms with Gasteiger partial charge in [0, 0.05) is 11.6 Å². The molecule has 3 heteroatoms. The fourth-order valence-electron chi connectivity index (χ4n) is 2.05. The largest absolute Gasteiger partial charge is 0.390 e. The topological polar surface area (TPSA) is 53.4 Å². The molecule has 90 valence electrons. The molecule has 17 heavy (non-hydrogen) atoms. The normalized spacial score (nSPS) is 14.8. The lowest BCUT2D eigenvalue weighted by atomic mass is 9.97. The Labute approximate surface area is 101 Å². The average molecular weight is 231 g/mol.